The summed E-state index contributed by atoms with van der Waals surface area (Å²) in [4.78, 5) is 45.0. The van der Waals surface area contributed by atoms with Crippen molar-refractivity contribution >= 4 is 40.2 Å². The molecule has 3 aromatic rings. The number of unbranched alkanes of at least 4 members (excludes halogenated alkanes) is 1. The molecule has 0 unspecified atom stereocenters. The highest BCUT2D eigenvalue weighted by Gasteiger charge is 2.28. The van der Waals surface area contributed by atoms with E-state index in [1.54, 1.807) is 12.1 Å². The van der Waals surface area contributed by atoms with Crippen molar-refractivity contribution in [3.8, 4) is 5.75 Å². The van der Waals surface area contributed by atoms with Gasteiger partial charge in [-0.2, -0.15) is 0 Å². The summed E-state index contributed by atoms with van der Waals surface area (Å²) in [5.74, 6) is -0.915. The maximum absolute atomic E-state index is 13.9. The third-order valence-electron chi connectivity index (χ3n) is 9.03. The highest BCUT2D eigenvalue weighted by atomic mass is 16.3. The Morgan fingerprint density at radius 1 is 0.804 bits per heavy atom. The predicted octanol–water partition coefficient (Wildman–Crippen LogP) is 2.15. The number of guanidine groups is 1. The van der Waals surface area contributed by atoms with Crippen LogP contribution >= 0.6 is 0 Å². The molecule has 13 heteroatoms. The minimum Gasteiger partial charge on any atom is -0.508 e. The molecule has 51 heavy (non-hydrogen) atoms. The lowest BCUT2D eigenvalue weighted by molar-refractivity contribution is -0.130. The van der Waals surface area contributed by atoms with Crippen LogP contribution in [0.3, 0.4) is 0 Å². The van der Waals surface area contributed by atoms with Crippen molar-refractivity contribution in [2.75, 3.05) is 19.6 Å². The molecule has 2 amide bonds. The fraction of sp³-hybridized carbons (Fsp3) is 0.421. The number of fused-ring (bicyclic) bond motifs is 1. The highest BCUT2D eigenvalue weighted by molar-refractivity contribution is 5.95. The Morgan fingerprint density at radius 2 is 1.55 bits per heavy atom. The Morgan fingerprint density at radius 3 is 2.29 bits per heavy atom. The van der Waals surface area contributed by atoms with Gasteiger partial charge < -0.3 is 43.6 Å². The van der Waals surface area contributed by atoms with Gasteiger partial charge in [-0.1, -0.05) is 61.0 Å². The Balaban J connectivity index is 1.59. The molecular formula is C38H52N9O4. The molecule has 1 fully saturated rings. The number of nitrogens with one attached hydrogen (secondary N) is 5. The number of hydrogen-bond acceptors (Lipinski definition) is 8. The van der Waals surface area contributed by atoms with E-state index in [4.69, 9.17) is 22.6 Å². The van der Waals surface area contributed by atoms with Gasteiger partial charge in [-0.05, 0) is 78.6 Å². The van der Waals surface area contributed by atoms with E-state index in [0.29, 0.717) is 45.3 Å². The molecule has 0 bridgehead atoms. The van der Waals surface area contributed by atoms with E-state index in [1.807, 2.05) is 54.6 Å². The van der Waals surface area contributed by atoms with E-state index < -0.39 is 18.0 Å². The smallest absolute Gasteiger partial charge is 0.243 e. The average molecular weight is 699 g/mol. The molecule has 1 aliphatic rings. The lowest BCUT2D eigenvalue weighted by atomic mass is 9.93. The van der Waals surface area contributed by atoms with E-state index >= 15 is 0 Å². The number of aliphatic imine (C=N–C) groups is 1. The second-order valence-corrected chi connectivity index (χ2v) is 13.3. The molecule has 3 aromatic carbocycles. The summed E-state index contributed by atoms with van der Waals surface area (Å²) in [6, 6.07) is 19.1. The first-order valence-corrected chi connectivity index (χ1v) is 17.6. The van der Waals surface area contributed by atoms with Crippen LogP contribution in [0.4, 0.5) is 0 Å². The third kappa shape index (κ3) is 13.7. The SMILES string of the molecule is N=C(N)CCCC[C@H]1CN[C@@H](CCCN=C(N)N)C(=O)N[C@@H](Cc2ccc3ccccc3c2)C(=O)N[CH]C(=O)C[C@H](Cc2ccc(O)cc2)CN1. The molecule has 1 aliphatic heterocycles. The molecule has 1 saturated heterocycles. The van der Waals surface area contributed by atoms with Gasteiger partial charge >= 0.3 is 0 Å². The van der Waals surface area contributed by atoms with Crippen LogP contribution in [0.15, 0.2) is 71.7 Å². The van der Waals surface area contributed by atoms with Crippen molar-refractivity contribution in [3.05, 3.63) is 84.4 Å². The van der Waals surface area contributed by atoms with Gasteiger partial charge in [0.2, 0.25) is 11.8 Å². The number of rotatable bonds is 13. The number of aromatic hydroxyl groups is 1. The predicted molar refractivity (Wildman–Crippen MR) is 201 cm³/mol. The van der Waals surface area contributed by atoms with Crippen LogP contribution < -0.4 is 38.5 Å². The number of nitrogens with zero attached hydrogens (tertiary/aromatic N) is 1. The largest absolute Gasteiger partial charge is 0.508 e. The molecule has 273 valence electrons. The summed E-state index contributed by atoms with van der Waals surface area (Å²) >= 11 is 0. The van der Waals surface area contributed by atoms with Gasteiger partial charge in [0.05, 0.1) is 11.9 Å². The second-order valence-electron chi connectivity index (χ2n) is 13.3. The van der Waals surface area contributed by atoms with Gasteiger partial charge in [-0.3, -0.25) is 24.8 Å². The zero-order valence-corrected chi connectivity index (χ0v) is 29.1. The van der Waals surface area contributed by atoms with Gasteiger partial charge in [0.1, 0.15) is 18.3 Å². The minimum atomic E-state index is -0.955. The normalized spacial score (nSPS) is 20.8. The second kappa shape index (κ2) is 20.0. The molecule has 0 spiro atoms. The first kappa shape index (κ1) is 38.8. The molecule has 13 nitrogen and oxygen atoms in total. The number of phenolic OH excluding ortho intramolecular Hbond substituents is 1. The van der Waals surface area contributed by atoms with E-state index in [0.717, 1.165) is 41.2 Å². The monoisotopic (exact) mass is 698 g/mol. The molecule has 0 aromatic heterocycles. The lowest BCUT2D eigenvalue weighted by Crippen LogP contribution is -2.55. The molecule has 1 radical (unpaired) electrons. The van der Waals surface area contributed by atoms with Gasteiger partial charge in [0.25, 0.3) is 0 Å². The van der Waals surface area contributed by atoms with Crippen molar-refractivity contribution in [2.45, 2.75) is 75.9 Å². The topological polar surface area (TPSA) is 234 Å². The zero-order valence-electron chi connectivity index (χ0n) is 29.1. The standard InChI is InChI=1S/C38H52N9O4/c39-35(40)10-4-3-8-30-23-45-33(9-5-17-43-38(41)42)37(51)47-34(21-26-11-14-28-6-1-2-7-29(28)19-26)36(50)46-24-32(49)20-27(22-44-30)18-25-12-15-31(48)16-13-25/h1-2,6-7,11-16,19,24,27,30,33-34,44-45,48H,3-5,8-10,17-18,20-23H2,(H3,39,40)(H,46,50)(H,47,51)(H4,41,42,43)/t27-,30-,33-,34-/m0/s1. The molecule has 4 atom stereocenters. The van der Waals surface area contributed by atoms with Crippen LogP contribution in [0.1, 0.15) is 56.1 Å². The molecule has 4 rings (SSSR count). The third-order valence-corrected chi connectivity index (χ3v) is 9.03. The summed E-state index contributed by atoms with van der Waals surface area (Å²) in [5, 5.41) is 32.2. The van der Waals surface area contributed by atoms with E-state index in [9.17, 15) is 19.5 Å². The number of hydrogen-bond donors (Lipinski definition) is 9. The number of amidine groups is 1. The number of carbonyl (C=O) groups is 3. The van der Waals surface area contributed by atoms with E-state index in [2.05, 4.69) is 26.3 Å². The van der Waals surface area contributed by atoms with Crippen molar-refractivity contribution in [2.24, 2.45) is 28.1 Å². The summed E-state index contributed by atoms with van der Waals surface area (Å²) < 4.78 is 0. The Kier molecular flexibility index (Phi) is 15.2. The van der Waals surface area contributed by atoms with Gasteiger partial charge in [0.15, 0.2) is 11.7 Å². The molecule has 0 aliphatic carbocycles. The van der Waals surface area contributed by atoms with Crippen LogP contribution in [0.25, 0.3) is 10.8 Å². The quantitative estimate of drug-likeness (QED) is 0.0722. The van der Waals surface area contributed by atoms with Crippen LogP contribution in [-0.4, -0.2) is 72.3 Å². The Bertz CT molecular complexity index is 1640. The van der Waals surface area contributed by atoms with E-state index in [-0.39, 0.29) is 54.0 Å². The average Bonchev–Trinajstić information content (AvgIpc) is 3.10. The first-order valence-electron chi connectivity index (χ1n) is 17.6. The number of amides is 2. The number of benzene rings is 3. The molecule has 12 N–H and O–H groups in total. The Hall–Kier alpha value is -5.01. The molecular weight excluding hydrogens is 646 g/mol. The van der Waals surface area contributed by atoms with Gasteiger partial charge in [0, 0.05) is 38.4 Å². The lowest BCUT2D eigenvalue weighted by Gasteiger charge is -2.26. The minimum absolute atomic E-state index is 0.0240. The number of ketones is 1. The van der Waals surface area contributed by atoms with Gasteiger partial charge in [-0.15, -0.1) is 0 Å². The van der Waals surface area contributed by atoms with Crippen molar-refractivity contribution in [1.29, 1.82) is 5.41 Å². The highest BCUT2D eigenvalue weighted by Crippen LogP contribution is 2.19. The summed E-state index contributed by atoms with van der Waals surface area (Å²) in [6.07, 6.45) is 4.72. The van der Waals surface area contributed by atoms with Crippen LogP contribution in [0, 0.1) is 17.9 Å². The fourth-order valence-electron chi connectivity index (χ4n) is 6.29. The van der Waals surface area contributed by atoms with Crippen molar-refractivity contribution in [1.82, 2.24) is 21.3 Å². The van der Waals surface area contributed by atoms with E-state index in [1.165, 1.54) is 6.54 Å². The van der Waals surface area contributed by atoms with Crippen molar-refractivity contribution < 1.29 is 19.5 Å². The first-order chi connectivity index (χ1) is 24.5. The number of nitrogens with two attached hydrogens (primary N) is 3. The van der Waals surface area contributed by atoms with Crippen LogP contribution in [-0.2, 0) is 27.2 Å². The summed E-state index contributed by atoms with van der Waals surface area (Å²) in [6.45, 7) is 2.49. The zero-order chi connectivity index (χ0) is 36.6. The van der Waals surface area contributed by atoms with Crippen LogP contribution in [0.5, 0.6) is 5.75 Å². The summed E-state index contributed by atoms with van der Waals surface area (Å²) in [7, 11) is 0. The van der Waals surface area contributed by atoms with Crippen molar-refractivity contribution in [3.63, 3.8) is 0 Å². The number of Topliss-reactive ketones (excluding diaryl/α,β-unsaturated/α-hetero) is 1. The molecule has 0 saturated carbocycles. The van der Waals surface area contributed by atoms with Crippen LogP contribution in [0.2, 0.25) is 0 Å². The Labute approximate surface area is 299 Å². The number of carbonyl (C=O) groups excluding carboxylic acids is 3. The molecule has 1 heterocycles. The maximum Gasteiger partial charge on any atom is 0.243 e. The number of phenols is 1. The summed E-state index contributed by atoms with van der Waals surface area (Å²) in [5.41, 5.74) is 18.5. The maximum atomic E-state index is 13.9. The van der Waals surface area contributed by atoms with Gasteiger partial charge in [-0.25, -0.2) is 0 Å². The fourth-order valence-corrected chi connectivity index (χ4v) is 6.29.